The number of anilines is 2. The molecule has 0 aliphatic rings. The number of nitrogen functional groups attached to an aromatic ring is 1. The molecule has 80 valence electrons. The van der Waals surface area contributed by atoms with Crippen LogP contribution in [0.5, 0.6) is 0 Å². The monoisotopic (exact) mass is 229 g/mol. The minimum Gasteiger partial charge on any atom is -0.397 e. The second kappa shape index (κ2) is 4.69. The highest BCUT2D eigenvalue weighted by Gasteiger charge is 2.00. The van der Waals surface area contributed by atoms with Crippen LogP contribution in [-0.2, 0) is 6.54 Å². The van der Waals surface area contributed by atoms with E-state index in [0.717, 1.165) is 12.2 Å². The number of nitrogens with two attached hydrogens (primary N) is 1. The summed E-state index contributed by atoms with van der Waals surface area (Å²) in [4.78, 5) is 0. The van der Waals surface area contributed by atoms with Crippen LogP contribution in [0.15, 0.2) is 35.0 Å². The topological polar surface area (TPSA) is 61.8 Å². The number of nitrogens with one attached hydrogen (secondary N) is 1. The normalized spacial score (nSPS) is 9.69. The molecule has 2 rings (SSSR count). The van der Waals surface area contributed by atoms with E-state index in [-0.39, 0.29) is 0 Å². The zero-order chi connectivity index (χ0) is 11.4. The molecular formula is C12H11N3S. The highest BCUT2D eigenvalue weighted by atomic mass is 32.1. The lowest BCUT2D eigenvalue weighted by atomic mass is 10.2. The van der Waals surface area contributed by atoms with E-state index in [9.17, 15) is 0 Å². The number of hydrogen-bond acceptors (Lipinski definition) is 4. The van der Waals surface area contributed by atoms with Crippen molar-refractivity contribution >= 4 is 22.7 Å². The molecule has 1 heterocycles. The predicted octanol–water partition coefficient (Wildman–Crippen LogP) is 2.81. The minimum atomic E-state index is 0.582. The molecule has 0 aliphatic heterocycles. The van der Waals surface area contributed by atoms with E-state index in [4.69, 9.17) is 11.0 Å². The standard InChI is InChI=1S/C12H11N3S/c13-6-9-1-2-12(11(14)5-9)15-7-10-3-4-16-8-10/h1-5,8,15H,7,14H2. The van der Waals surface area contributed by atoms with E-state index in [1.54, 1.807) is 23.5 Å². The van der Waals surface area contributed by atoms with E-state index in [1.807, 2.05) is 11.4 Å². The lowest BCUT2D eigenvalue weighted by molar-refractivity contribution is 1.16. The van der Waals surface area contributed by atoms with Gasteiger partial charge in [0.15, 0.2) is 0 Å². The number of rotatable bonds is 3. The van der Waals surface area contributed by atoms with Gasteiger partial charge in [0.05, 0.1) is 23.0 Å². The number of nitriles is 1. The van der Waals surface area contributed by atoms with Gasteiger partial charge >= 0.3 is 0 Å². The molecule has 0 atom stereocenters. The van der Waals surface area contributed by atoms with Gasteiger partial charge in [0.2, 0.25) is 0 Å². The van der Waals surface area contributed by atoms with E-state index in [0.29, 0.717) is 11.3 Å². The van der Waals surface area contributed by atoms with Crippen LogP contribution in [0.3, 0.4) is 0 Å². The van der Waals surface area contributed by atoms with Crippen LogP contribution in [0.2, 0.25) is 0 Å². The van der Waals surface area contributed by atoms with Gasteiger partial charge in [-0.05, 0) is 40.6 Å². The second-order valence-corrected chi connectivity index (χ2v) is 4.18. The zero-order valence-corrected chi connectivity index (χ0v) is 9.42. The summed E-state index contributed by atoms with van der Waals surface area (Å²) in [5, 5.41) is 16.1. The fraction of sp³-hybridized carbons (Fsp3) is 0.0833. The maximum atomic E-state index is 8.71. The van der Waals surface area contributed by atoms with Crippen LogP contribution in [0, 0.1) is 11.3 Å². The zero-order valence-electron chi connectivity index (χ0n) is 8.60. The average Bonchev–Trinajstić information content (AvgIpc) is 2.80. The Kier molecular flexibility index (Phi) is 3.08. The van der Waals surface area contributed by atoms with Crippen molar-refractivity contribution < 1.29 is 0 Å². The molecule has 3 nitrogen and oxygen atoms in total. The third-order valence-electron chi connectivity index (χ3n) is 2.24. The summed E-state index contributed by atoms with van der Waals surface area (Å²) in [5.41, 5.74) is 9.11. The number of thiophene rings is 1. The van der Waals surface area contributed by atoms with E-state index >= 15 is 0 Å². The van der Waals surface area contributed by atoms with Gasteiger partial charge in [-0.2, -0.15) is 16.6 Å². The van der Waals surface area contributed by atoms with Crippen molar-refractivity contribution in [2.24, 2.45) is 0 Å². The van der Waals surface area contributed by atoms with Gasteiger partial charge < -0.3 is 11.1 Å². The second-order valence-electron chi connectivity index (χ2n) is 3.40. The van der Waals surface area contributed by atoms with E-state index in [2.05, 4.69) is 22.8 Å². The summed E-state index contributed by atoms with van der Waals surface area (Å²) < 4.78 is 0. The third-order valence-corrected chi connectivity index (χ3v) is 2.98. The minimum absolute atomic E-state index is 0.582. The van der Waals surface area contributed by atoms with Gasteiger partial charge in [-0.25, -0.2) is 0 Å². The lowest BCUT2D eigenvalue weighted by Crippen LogP contribution is -2.01. The Labute approximate surface area is 98.1 Å². The first-order chi connectivity index (χ1) is 7.79. The summed E-state index contributed by atoms with van der Waals surface area (Å²) in [6.45, 7) is 0.750. The van der Waals surface area contributed by atoms with Gasteiger partial charge in [-0.15, -0.1) is 0 Å². The molecule has 0 saturated heterocycles. The van der Waals surface area contributed by atoms with Gasteiger partial charge in [0, 0.05) is 6.54 Å². The fourth-order valence-electron chi connectivity index (χ4n) is 1.38. The van der Waals surface area contributed by atoms with Crippen LogP contribution < -0.4 is 11.1 Å². The summed E-state index contributed by atoms with van der Waals surface area (Å²) in [5.74, 6) is 0. The van der Waals surface area contributed by atoms with Crippen LogP contribution in [0.4, 0.5) is 11.4 Å². The van der Waals surface area contributed by atoms with Gasteiger partial charge in [0.25, 0.3) is 0 Å². The molecule has 1 aromatic heterocycles. The Morgan fingerprint density at radius 1 is 1.38 bits per heavy atom. The Balaban J connectivity index is 2.08. The Morgan fingerprint density at radius 3 is 2.88 bits per heavy atom. The third kappa shape index (κ3) is 2.33. The van der Waals surface area contributed by atoms with E-state index < -0.39 is 0 Å². The first kappa shape index (κ1) is 10.5. The average molecular weight is 229 g/mol. The Morgan fingerprint density at radius 2 is 2.25 bits per heavy atom. The van der Waals surface area contributed by atoms with Crippen molar-refractivity contribution in [3.63, 3.8) is 0 Å². The van der Waals surface area contributed by atoms with Crippen LogP contribution in [0.1, 0.15) is 11.1 Å². The molecule has 0 spiro atoms. The Bertz CT molecular complexity index is 512. The van der Waals surface area contributed by atoms with Crippen molar-refractivity contribution in [2.45, 2.75) is 6.54 Å². The highest BCUT2D eigenvalue weighted by molar-refractivity contribution is 7.07. The smallest absolute Gasteiger partial charge is 0.0992 e. The molecule has 4 heteroatoms. The molecule has 3 N–H and O–H groups in total. The van der Waals surface area contributed by atoms with Crippen molar-refractivity contribution in [1.29, 1.82) is 5.26 Å². The van der Waals surface area contributed by atoms with Crippen molar-refractivity contribution in [2.75, 3.05) is 11.1 Å². The SMILES string of the molecule is N#Cc1ccc(NCc2ccsc2)c(N)c1. The lowest BCUT2D eigenvalue weighted by Gasteiger charge is -2.08. The number of benzene rings is 1. The maximum Gasteiger partial charge on any atom is 0.0992 e. The molecule has 0 radical (unpaired) electrons. The highest BCUT2D eigenvalue weighted by Crippen LogP contribution is 2.20. The van der Waals surface area contributed by atoms with Gasteiger partial charge in [-0.1, -0.05) is 0 Å². The molecule has 0 aliphatic carbocycles. The Hall–Kier alpha value is -1.99. The van der Waals surface area contributed by atoms with Gasteiger partial charge in [0.1, 0.15) is 0 Å². The molecule has 1 aromatic carbocycles. The molecular weight excluding hydrogens is 218 g/mol. The molecule has 16 heavy (non-hydrogen) atoms. The largest absolute Gasteiger partial charge is 0.397 e. The molecule has 0 amide bonds. The van der Waals surface area contributed by atoms with Gasteiger partial charge in [-0.3, -0.25) is 0 Å². The number of hydrogen-bond donors (Lipinski definition) is 2. The van der Waals surface area contributed by atoms with Crippen LogP contribution in [0.25, 0.3) is 0 Å². The summed E-state index contributed by atoms with van der Waals surface area (Å²) in [7, 11) is 0. The van der Waals surface area contributed by atoms with Crippen molar-refractivity contribution in [1.82, 2.24) is 0 Å². The fourth-order valence-corrected chi connectivity index (χ4v) is 2.05. The molecule has 0 bridgehead atoms. The first-order valence-corrected chi connectivity index (χ1v) is 5.78. The first-order valence-electron chi connectivity index (χ1n) is 4.84. The van der Waals surface area contributed by atoms with E-state index in [1.165, 1.54) is 5.56 Å². The molecule has 0 fully saturated rings. The summed E-state index contributed by atoms with van der Waals surface area (Å²) in [6.07, 6.45) is 0. The molecule has 2 aromatic rings. The summed E-state index contributed by atoms with van der Waals surface area (Å²) in [6, 6.07) is 9.39. The van der Waals surface area contributed by atoms with Crippen molar-refractivity contribution in [3.05, 3.63) is 46.2 Å². The molecule has 0 unspecified atom stereocenters. The van der Waals surface area contributed by atoms with Crippen LogP contribution in [-0.4, -0.2) is 0 Å². The quantitative estimate of drug-likeness (QED) is 0.795. The van der Waals surface area contributed by atoms with Crippen molar-refractivity contribution in [3.8, 4) is 6.07 Å². The predicted molar refractivity (Wildman–Crippen MR) is 67.2 cm³/mol. The number of nitrogens with zero attached hydrogens (tertiary/aromatic N) is 1. The van der Waals surface area contributed by atoms with Crippen LogP contribution >= 0.6 is 11.3 Å². The summed E-state index contributed by atoms with van der Waals surface area (Å²) >= 11 is 1.67. The molecule has 0 saturated carbocycles. The maximum absolute atomic E-state index is 8.71.